The minimum atomic E-state index is -0.837. The monoisotopic (exact) mass is 1040 g/mol. The molecule has 2 atom stereocenters. The standard InChI is InChI=1S/C68H133NO5/c1-3-5-7-9-11-13-41-46-50-54-58-62-68(73)74-63-59-55-51-47-43-40-38-36-34-32-30-28-26-24-22-20-18-16-14-15-17-19-21-23-25-27-29-31-33-35-37-39-42-45-49-53-57-61-67(72)69-65(64-70)66(71)60-56-52-48-44-12-10-8-6-4-2/h56,60,65-66,70-71H,3-55,57-59,61-64H2,1-2H3,(H,69,72)/b60-56+. The van der Waals surface area contributed by atoms with Gasteiger partial charge in [0.2, 0.25) is 5.91 Å². The second kappa shape index (κ2) is 64.1. The number of amides is 1. The van der Waals surface area contributed by atoms with Gasteiger partial charge in [-0.2, -0.15) is 0 Å². The predicted octanol–water partition coefficient (Wildman–Crippen LogP) is 21.6. The Morgan fingerprint density at radius 2 is 0.622 bits per heavy atom. The number of unbranched alkanes of at least 4 members (excludes halogenated alkanes) is 53. The van der Waals surface area contributed by atoms with Crippen LogP contribution in [-0.2, 0) is 14.3 Å². The van der Waals surface area contributed by atoms with Gasteiger partial charge < -0.3 is 20.3 Å². The first-order valence-electron chi connectivity index (χ1n) is 34.0. The summed E-state index contributed by atoms with van der Waals surface area (Å²) in [5.41, 5.74) is 0. The van der Waals surface area contributed by atoms with Gasteiger partial charge >= 0.3 is 5.97 Å². The van der Waals surface area contributed by atoms with Crippen LogP contribution in [0.5, 0.6) is 0 Å². The van der Waals surface area contributed by atoms with Crippen molar-refractivity contribution in [1.29, 1.82) is 0 Å². The van der Waals surface area contributed by atoms with E-state index in [9.17, 15) is 19.8 Å². The maximum Gasteiger partial charge on any atom is 0.305 e. The second-order valence-corrected chi connectivity index (χ2v) is 23.5. The lowest BCUT2D eigenvalue weighted by atomic mass is 10.0. The van der Waals surface area contributed by atoms with E-state index in [2.05, 4.69) is 19.2 Å². The van der Waals surface area contributed by atoms with Crippen molar-refractivity contribution in [2.75, 3.05) is 13.2 Å². The largest absolute Gasteiger partial charge is 0.466 e. The molecule has 0 fully saturated rings. The van der Waals surface area contributed by atoms with Crippen LogP contribution in [0.1, 0.15) is 386 Å². The molecule has 0 aromatic carbocycles. The molecule has 440 valence electrons. The molecule has 0 aromatic heterocycles. The summed E-state index contributed by atoms with van der Waals surface area (Å²) >= 11 is 0. The fraction of sp³-hybridized carbons (Fsp3) is 0.941. The van der Waals surface area contributed by atoms with Gasteiger partial charge in [-0.1, -0.05) is 353 Å². The van der Waals surface area contributed by atoms with Crippen molar-refractivity contribution in [2.24, 2.45) is 0 Å². The van der Waals surface area contributed by atoms with Gasteiger partial charge in [-0.25, -0.2) is 0 Å². The highest BCUT2D eigenvalue weighted by Crippen LogP contribution is 2.19. The first-order valence-corrected chi connectivity index (χ1v) is 34.0. The lowest BCUT2D eigenvalue weighted by Gasteiger charge is -2.20. The molecule has 0 heterocycles. The van der Waals surface area contributed by atoms with E-state index >= 15 is 0 Å². The van der Waals surface area contributed by atoms with Crippen molar-refractivity contribution in [3.8, 4) is 0 Å². The summed E-state index contributed by atoms with van der Waals surface area (Å²) in [6, 6.07) is -0.620. The lowest BCUT2D eigenvalue weighted by Crippen LogP contribution is -2.45. The third kappa shape index (κ3) is 59.8. The van der Waals surface area contributed by atoms with Crippen LogP contribution in [0, 0.1) is 0 Å². The highest BCUT2D eigenvalue weighted by atomic mass is 16.5. The zero-order valence-electron chi connectivity index (χ0n) is 50.4. The van der Waals surface area contributed by atoms with Gasteiger partial charge in [0.05, 0.1) is 25.4 Å². The van der Waals surface area contributed by atoms with E-state index in [1.54, 1.807) is 6.08 Å². The van der Waals surface area contributed by atoms with Crippen LogP contribution in [-0.4, -0.2) is 47.4 Å². The molecule has 0 aliphatic carbocycles. The van der Waals surface area contributed by atoms with Gasteiger partial charge in [-0.3, -0.25) is 9.59 Å². The van der Waals surface area contributed by atoms with Crippen LogP contribution in [0.15, 0.2) is 12.2 Å². The molecule has 3 N–H and O–H groups in total. The Bertz CT molecular complexity index is 1110. The normalized spacial score (nSPS) is 12.5. The fourth-order valence-electron chi connectivity index (χ4n) is 10.9. The number of carbonyl (C=O) groups is 2. The number of aliphatic hydroxyl groups excluding tert-OH is 2. The molecule has 6 nitrogen and oxygen atoms in total. The molecule has 0 saturated carbocycles. The molecule has 1 amide bonds. The van der Waals surface area contributed by atoms with E-state index in [1.165, 1.54) is 321 Å². The third-order valence-corrected chi connectivity index (χ3v) is 16.1. The average Bonchev–Trinajstić information content (AvgIpc) is 3.40. The van der Waals surface area contributed by atoms with Gasteiger partial charge in [0.1, 0.15) is 0 Å². The first-order chi connectivity index (χ1) is 36.5. The van der Waals surface area contributed by atoms with E-state index in [0.29, 0.717) is 19.4 Å². The van der Waals surface area contributed by atoms with Crippen molar-refractivity contribution >= 4 is 11.9 Å². The minimum absolute atomic E-state index is 0.0233. The van der Waals surface area contributed by atoms with Crippen LogP contribution >= 0.6 is 0 Å². The lowest BCUT2D eigenvalue weighted by molar-refractivity contribution is -0.143. The first kappa shape index (κ1) is 72.6. The summed E-state index contributed by atoms with van der Waals surface area (Å²) in [6.07, 6.45) is 78.9. The molecule has 0 bridgehead atoms. The Hall–Kier alpha value is -1.40. The average molecular weight is 1040 g/mol. The van der Waals surface area contributed by atoms with Gasteiger partial charge in [-0.15, -0.1) is 0 Å². The van der Waals surface area contributed by atoms with Crippen molar-refractivity contribution < 1.29 is 24.5 Å². The van der Waals surface area contributed by atoms with Gasteiger partial charge in [0.25, 0.3) is 0 Å². The Labute approximate surface area is 463 Å². The Morgan fingerprint density at radius 3 is 0.919 bits per heavy atom. The summed E-state index contributed by atoms with van der Waals surface area (Å²) < 4.78 is 5.48. The SMILES string of the molecule is CCCCCCCCC/C=C/C(O)C(CO)NC(=O)CCCCCCCCCCCCCCCCCCCCCCCCCCCCCCCCCCCCCCCOC(=O)CCCCCCCCCCCCC. The predicted molar refractivity (Wildman–Crippen MR) is 324 cm³/mol. The maximum atomic E-state index is 12.4. The van der Waals surface area contributed by atoms with Crippen molar-refractivity contribution in [1.82, 2.24) is 5.32 Å². The molecule has 0 spiro atoms. The Morgan fingerprint density at radius 1 is 0.365 bits per heavy atom. The summed E-state index contributed by atoms with van der Waals surface area (Å²) in [5.74, 6) is -0.0399. The van der Waals surface area contributed by atoms with Gasteiger partial charge in [0.15, 0.2) is 0 Å². The Balaban J connectivity index is 3.27. The quantitative estimate of drug-likeness (QED) is 0.0320. The van der Waals surface area contributed by atoms with Crippen molar-refractivity contribution in [3.63, 3.8) is 0 Å². The number of aliphatic hydroxyl groups is 2. The van der Waals surface area contributed by atoms with Crippen LogP contribution in [0.3, 0.4) is 0 Å². The molecular formula is C68H133NO5. The number of nitrogens with one attached hydrogen (secondary N) is 1. The van der Waals surface area contributed by atoms with Gasteiger partial charge in [-0.05, 0) is 32.1 Å². The summed E-state index contributed by atoms with van der Waals surface area (Å²) in [7, 11) is 0. The number of hydrogen-bond donors (Lipinski definition) is 3. The van der Waals surface area contributed by atoms with E-state index in [1.807, 2.05) is 6.08 Å². The molecule has 0 radical (unpaired) electrons. The molecule has 74 heavy (non-hydrogen) atoms. The Kier molecular flexibility index (Phi) is 62.9. The number of esters is 1. The summed E-state index contributed by atoms with van der Waals surface area (Å²) in [4.78, 5) is 24.4. The molecular weight excluding hydrogens is 911 g/mol. The van der Waals surface area contributed by atoms with Gasteiger partial charge in [0, 0.05) is 12.8 Å². The second-order valence-electron chi connectivity index (χ2n) is 23.5. The van der Waals surface area contributed by atoms with E-state index in [0.717, 1.165) is 38.5 Å². The fourth-order valence-corrected chi connectivity index (χ4v) is 10.9. The van der Waals surface area contributed by atoms with Crippen LogP contribution in [0.2, 0.25) is 0 Å². The maximum absolute atomic E-state index is 12.4. The number of ether oxygens (including phenoxy) is 1. The molecule has 0 aliphatic heterocycles. The number of carbonyl (C=O) groups excluding carboxylic acids is 2. The molecule has 2 unspecified atom stereocenters. The van der Waals surface area contributed by atoms with Crippen molar-refractivity contribution in [3.05, 3.63) is 12.2 Å². The zero-order valence-corrected chi connectivity index (χ0v) is 50.4. The van der Waals surface area contributed by atoms with E-state index in [4.69, 9.17) is 4.74 Å². The van der Waals surface area contributed by atoms with E-state index in [-0.39, 0.29) is 18.5 Å². The molecule has 0 aromatic rings. The molecule has 0 saturated heterocycles. The zero-order chi connectivity index (χ0) is 53.6. The number of hydrogen-bond acceptors (Lipinski definition) is 5. The topological polar surface area (TPSA) is 95.9 Å². The third-order valence-electron chi connectivity index (χ3n) is 16.1. The van der Waals surface area contributed by atoms with E-state index < -0.39 is 12.1 Å². The van der Waals surface area contributed by atoms with Crippen LogP contribution in [0.25, 0.3) is 0 Å². The molecule has 0 rings (SSSR count). The van der Waals surface area contributed by atoms with Crippen LogP contribution < -0.4 is 5.32 Å². The summed E-state index contributed by atoms with van der Waals surface area (Å²) in [6.45, 7) is 4.90. The smallest absolute Gasteiger partial charge is 0.305 e. The minimum Gasteiger partial charge on any atom is -0.466 e. The highest BCUT2D eigenvalue weighted by molar-refractivity contribution is 5.76. The van der Waals surface area contributed by atoms with Crippen molar-refractivity contribution in [2.45, 2.75) is 398 Å². The molecule has 0 aliphatic rings. The number of allylic oxidation sites excluding steroid dienone is 1. The molecule has 6 heteroatoms. The number of rotatable bonds is 64. The summed E-state index contributed by atoms with van der Waals surface area (Å²) in [5, 5.41) is 23.0. The highest BCUT2D eigenvalue weighted by Gasteiger charge is 2.18. The van der Waals surface area contributed by atoms with Crippen LogP contribution in [0.4, 0.5) is 0 Å².